The minimum Gasteiger partial charge on any atom is -0.486 e. The Morgan fingerprint density at radius 2 is 1.94 bits per heavy atom. The summed E-state index contributed by atoms with van der Waals surface area (Å²) in [4.78, 5) is 26.4. The lowest BCUT2D eigenvalue weighted by Crippen LogP contribution is -2.15. The Morgan fingerprint density at radius 3 is 2.66 bits per heavy atom. The van der Waals surface area contributed by atoms with Crippen LogP contribution in [0.4, 0.5) is 5.00 Å². The fourth-order valence-electron chi connectivity index (χ4n) is 3.71. The molecule has 168 valence electrons. The van der Waals surface area contributed by atoms with Crippen molar-refractivity contribution in [1.29, 1.82) is 0 Å². The van der Waals surface area contributed by atoms with Gasteiger partial charge in [-0.15, -0.1) is 16.4 Å². The van der Waals surface area contributed by atoms with E-state index in [1.54, 1.807) is 28.9 Å². The number of fused-ring (bicyclic) bond motifs is 1. The summed E-state index contributed by atoms with van der Waals surface area (Å²) in [5.41, 5.74) is 1.96. The topological polar surface area (TPSA) is 108 Å². The molecule has 1 N–H and O–H groups in total. The van der Waals surface area contributed by atoms with Crippen molar-refractivity contribution in [1.82, 2.24) is 20.2 Å². The third-order valence-corrected chi connectivity index (χ3v) is 6.53. The SMILES string of the molecule is COC(=O)c1c(NC(=O)c2ccc(OCc3nnnn3C(C)C)cc2)sc2c1CCCC2. The molecule has 10 heteroatoms. The zero-order valence-electron chi connectivity index (χ0n) is 18.3. The number of thiophene rings is 1. The van der Waals surface area contributed by atoms with Gasteiger partial charge in [-0.1, -0.05) is 0 Å². The number of benzene rings is 1. The molecule has 0 saturated heterocycles. The van der Waals surface area contributed by atoms with Gasteiger partial charge in [-0.2, -0.15) is 0 Å². The highest BCUT2D eigenvalue weighted by molar-refractivity contribution is 7.17. The van der Waals surface area contributed by atoms with Crippen molar-refractivity contribution >= 4 is 28.2 Å². The van der Waals surface area contributed by atoms with Gasteiger partial charge in [-0.05, 0) is 79.8 Å². The number of hydrogen-bond donors (Lipinski definition) is 1. The number of rotatable bonds is 7. The van der Waals surface area contributed by atoms with Crippen LogP contribution in [0.5, 0.6) is 5.75 Å². The normalized spacial score (nSPS) is 13.0. The second kappa shape index (κ2) is 9.47. The van der Waals surface area contributed by atoms with E-state index in [1.165, 1.54) is 18.4 Å². The molecular formula is C22H25N5O4S. The Labute approximate surface area is 189 Å². The van der Waals surface area contributed by atoms with Gasteiger partial charge in [0.2, 0.25) is 0 Å². The lowest BCUT2D eigenvalue weighted by atomic mass is 9.95. The van der Waals surface area contributed by atoms with Crippen LogP contribution in [0.3, 0.4) is 0 Å². The fourth-order valence-corrected chi connectivity index (χ4v) is 4.98. The molecule has 9 nitrogen and oxygen atoms in total. The van der Waals surface area contributed by atoms with Crippen molar-refractivity contribution in [3.63, 3.8) is 0 Å². The average molecular weight is 456 g/mol. The van der Waals surface area contributed by atoms with Crippen LogP contribution in [0.2, 0.25) is 0 Å². The molecule has 2 heterocycles. The van der Waals surface area contributed by atoms with Gasteiger partial charge in [-0.25, -0.2) is 9.48 Å². The molecule has 3 aromatic rings. The minimum absolute atomic E-state index is 0.132. The van der Waals surface area contributed by atoms with Gasteiger partial charge in [0.25, 0.3) is 5.91 Å². The molecule has 0 aliphatic heterocycles. The first-order chi connectivity index (χ1) is 15.5. The number of aryl methyl sites for hydroxylation is 1. The highest BCUT2D eigenvalue weighted by Gasteiger charge is 2.27. The lowest BCUT2D eigenvalue weighted by Gasteiger charge is -2.12. The van der Waals surface area contributed by atoms with E-state index >= 15 is 0 Å². The summed E-state index contributed by atoms with van der Waals surface area (Å²) in [6.07, 6.45) is 3.88. The van der Waals surface area contributed by atoms with E-state index in [0.29, 0.717) is 27.7 Å². The van der Waals surface area contributed by atoms with Crippen molar-refractivity contribution in [2.75, 3.05) is 12.4 Å². The van der Waals surface area contributed by atoms with Crippen LogP contribution < -0.4 is 10.1 Å². The third kappa shape index (κ3) is 4.50. The van der Waals surface area contributed by atoms with E-state index < -0.39 is 5.97 Å². The maximum atomic E-state index is 12.8. The molecule has 1 aliphatic carbocycles. The molecule has 0 radical (unpaired) electrons. The number of esters is 1. The van der Waals surface area contributed by atoms with E-state index in [-0.39, 0.29) is 18.6 Å². The van der Waals surface area contributed by atoms with Crippen molar-refractivity contribution in [2.24, 2.45) is 0 Å². The van der Waals surface area contributed by atoms with Gasteiger partial charge in [-0.3, -0.25) is 4.79 Å². The molecule has 0 spiro atoms. The average Bonchev–Trinajstić information content (AvgIpc) is 3.42. The number of nitrogens with zero attached hydrogens (tertiary/aromatic N) is 4. The molecule has 1 aromatic carbocycles. The minimum atomic E-state index is -0.410. The standard InChI is InChI=1S/C22H25N5O4S/c1-13(2)27-18(24-25-26-27)12-31-15-10-8-14(9-11-15)20(28)23-21-19(22(29)30-3)16-6-4-5-7-17(16)32-21/h8-11,13H,4-7,12H2,1-3H3,(H,23,28). The Morgan fingerprint density at radius 1 is 1.19 bits per heavy atom. The summed E-state index contributed by atoms with van der Waals surface area (Å²) in [6.45, 7) is 4.20. The predicted octanol–water partition coefficient (Wildman–Crippen LogP) is 3.81. The van der Waals surface area contributed by atoms with Gasteiger partial charge < -0.3 is 14.8 Å². The first kappa shape index (κ1) is 21.9. The van der Waals surface area contributed by atoms with E-state index in [2.05, 4.69) is 20.8 Å². The van der Waals surface area contributed by atoms with Crippen LogP contribution in [0.15, 0.2) is 24.3 Å². The Hall–Kier alpha value is -3.27. The number of nitrogens with one attached hydrogen (secondary N) is 1. The van der Waals surface area contributed by atoms with Crippen LogP contribution in [0.1, 0.15) is 69.7 Å². The molecule has 1 aliphatic rings. The largest absolute Gasteiger partial charge is 0.486 e. The molecule has 4 rings (SSSR count). The smallest absolute Gasteiger partial charge is 0.341 e. The molecular weight excluding hydrogens is 430 g/mol. The van der Waals surface area contributed by atoms with Gasteiger partial charge in [0.05, 0.1) is 18.7 Å². The second-order valence-corrected chi connectivity index (χ2v) is 8.91. The molecule has 1 amide bonds. The number of aromatic nitrogens is 4. The number of amides is 1. The van der Waals surface area contributed by atoms with Gasteiger partial charge in [0.1, 0.15) is 17.4 Å². The van der Waals surface area contributed by atoms with Crippen LogP contribution in [-0.4, -0.2) is 39.2 Å². The van der Waals surface area contributed by atoms with E-state index in [9.17, 15) is 9.59 Å². The first-order valence-corrected chi connectivity index (χ1v) is 11.3. The molecule has 0 atom stereocenters. The van der Waals surface area contributed by atoms with Gasteiger partial charge in [0, 0.05) is 10.4 Å². The number of carbonyl (C=O) groups excluding carboxylic acids is 2. The predicted molar refractivity (Wildman–Crippen MR) is 119 cm³/mol. The van der Waals surface area contributed by atoms with Crippen molar-refractivity contribution in [3.05, 3.63) is 51.7 Å². The molecule has 0 bridgehead atoms. The number of methoxy groups -OCH3 is 1. The summed E-state index contributed by atoms with van der Waals surface area (Å²) in [6, 6.07) is 6.94. The maximum Gasteiger partial charge on any atom is 0.341 e. The highest BCUT2D eigenvalue weighted by Crippen LogP contribution is 2.38. The van der Waals surface area contributed by atoms with E-state index in [4.69, 9.17) is 9.47 Å². The summed E-state index contributed by atoms with van der Waals surface area (Å²) >= 11 is 1.46. The maximum absolute atomic E-state index is 12.8. The van der Waals surface area contributed by atoms with Crippen LogP contribution in [0, 0.1) is 0 Å². The summed E-state index contributed by atoms with van der Waals surface area (Å²) in [7, 11) is 1.36. The highest BCUT2D eigenvalue weighted by atomic mass is 32.1. The van der Waals surface area contributed by atoms with Crippen molar-refractivity contribution < 1.29 is 19.1 Å². The van der Waals surface area contributed by atoms with Crippen molar-refractivity contribution in [2.45, 2.75) is 52.2 Å². The van der Waals surface area contributed by atoms with E-state index in [1.807, 2.05) is 13.8 Å². The van der Waals surface area contributed by atoms with Crippen LogP contribution in [0.25, 0.3) is 0 Å². The number of tetrazole rings is 1. The third-order valence-electron chi connectivity index (χ3n) is 5.32. The number of anilines is 1. The monoisotopic (exact) mass is 455 g/mol. The lowest BCUT2D eigenvalue weighted by molar-refractivity contribution is 0.0601. The summed E-state index contributed by atoms with van der Waals surface area (Å²) in [5.74, 6) is 0.525. The summed E-state index contributed by atoms with van der Waals surface area (Å²) < 4.78 is 12.4. The number of ether oxygens (including phenoxy) is 2. The Bertz CT molecular complexity index is 1120. The molecule has 2 aromatic heterocycles. The van der Waals surface area contributed by atoms with Crippen LogP contribution >= 0.6 is 11.3 Å². The first-order valence-electron chi connectivity index (χ1n) is 10.5. The van der Waals surface area contributed by atoms with E-state index in [0.717, 1.165) is 36.1 Å². The Balaban J connectivity index is 1.45. The molecule has 0 unspecified atom stereocenters. The molecule has 0 fully saturated rings. The second-order valence-electron chi connectivity index (χ2n) is 7.81. The fraction of sp³-hybridized carbons (Fsp3) is 0.409. The van der Waals surface area contributed by atoms with Crippen LogP contribution in [-0.2, 0) is 24.2 Å². The number of hydrogen-bond acceptors (Lipinski definition) is 8. The molecule has 32 heavy (non-hydrogen) atoms. The molecule has 0 saturated carbocycles. The summed E-state index contributed by atoms with van der Waals surface area (Å²) in [5, 5.41) is 15.1. The zero-order valence-corrected chi connectivity index (χ0v) is 19.1. The zero-order chi connectivity index (χ0) is 22.7. The van der Waals surface area contributed by atoms with Gasteiger partial charge in [0.15, 0.2) is 5.82 Å². The van der Waals surface area contributed by atoms with Crippen molar-refractivity contribution in [3.8, 4) is 5.75 Å². The quantitative estimate of drug-likeness (QED) is 0.540. The Kier molecular flexibility index (Phi) is 6.50. The van der Waals surface area contributed by atoms with Gasteiger partial charge >= 0.3 is 5.97 Å². The number of carbonyl (C=O) groups is 2.